The maximum absolute atomic E-state index is 9.42. The third-order valence-electron chi connectivity index (χ3n) is 4.51. The summed E-state index contributed by atoms with van der Waals surface area (Å²) in [4.78, 5) is 4.28. The molecule has 8 heteroatoms. The van der Waals surface area contributed by atoms with Crippen LogP contribution >= 0.6 is 0 Å². The van der Waals surface area contributed by atoms with Crippen LogP contribution in [-0.2, 0) is 6.42 Å². The van der Waals surface area contributed by atoms with Crippen LogP contribution in [0.3, 0.4) is 0 Å². The van der Waals surface area contributed by atoms with E-state index in [-0.39, 0.29) is 5.69 Å². The van der Waals surface area contributed by atoms with Crippen LogP contribution in [0.25, 0.3) is 11.5 Å². The van der Waals surface area contributed by atoms with Gasteiger partial charge in [0.15, 0.2) is 23.0 Å². The highest BCUT2D eigenvalue weighted by Crippen LogP contribution is 2.33. The van der Waals surface area contributed by atoms with Crippen molar-refractivity contribution >= 4 is 5.88 Å². The predicted molar refractivity (Wildman–Crippen MR) is 111 cm³/mol. The first-order valence-electron chi connectivity index (χ1n) is 9.21. The van der Waals surface area contributed by atoms with Crippen molar-refractivity contribution in [3.05, 3.63) is 47.7 Å². The van der Waals surface area contributed by atoms with Crippen LogP contribution in [0.5, 0.6) is 23.0 Å². The van der Waals surface area contributed by atoms with Crippen LogP contribution in [0.2, 0.25) is 0 Å². The summed E-state index contributed by atoms with van der Waals surface area (Å²) >= 11 is 0. The maximum Gasteiger partial charge on any atom is 0.232 e. The minimum atomic E-state index is 0.187. The number of hydrogen-bond donors (Lipinski definition) is 1. The fourth-order valence-corrected chi connectivity index (χ4v) is 2.96. The van der Waals surface area contributed by atoms with E-state index in [4.69, 9.17) is 23.4 Å². The number of nitrogens with one attached hydrogen (secondary N) is 1. The molecular formula is C22H23N3O5. The van der Waals surface area contributed by atoms with Crippen LogP contribution in [0.4, 0.5) is 5.88 Å². The SMILES string of the molecule is COc1ccc(CCNc2oc(-c3ccc(OC)c(OC)c3)nc2C#N)cc1OC. The van der Waals surface area contributed by atoms with Gasteiger partial charge in [0.2, 0.25) is 17.5 Å². The number of methoxy groups -OCH3 is 4. The minimum absolute atomic E-state index is 0.187. The number of aromatic nitrogens is 1. The van der Waals surface area contributed by atoms with Crippen molar-refractivity contribution < 1.29 is 23.4 Å². The molecule has 0 saturated heterocycles. The number of ether oxygens (including phenoxy) is 4. The minimum Gasteiger partial charge on any atom is -0.493 e. The number of nitrogens with zero attached hydrogens (tertiary/aromatic N) is 2. The number of benzene rings is 2. The monoisotopic (exact) mass is 409 g/mol. The molecule has 0 saturated carbocycles. The van der Waals surface area contributed by atoms with Crippen LogP contribution in [0, 0.1) is 11.3 Å². The molecule has 0 amide bonds. The molecule has 0 aliphatic rings. The molecule has 0 fully saturated rings. The lowest BCUT2D eigenvalue weighted by Crippen LogP contribution is -2.05. The number of hydrogen-bond acceptors (Lipinski definition) is 8. The Morgan fingerprint density at radius 3 is 2.17 bits per heavy atom. The molecule has 156 valence electrons. The molecule has 2 aromatic carbocycles. The van der Waals surface area contributed by atoms with Gasteiger partial charge in [0, 0.05) is 12.1 Å². The molecule has 0 atom stereocenters. The molecule has 1 N–H and O–H groups in total. The van der Waals surface area contributed by atoms with E-state index in [1.54, 1.807) is 46.6 Å². The molecule has 0 radical (unpaired) electrons. The van der Waals surface area contributed by atoms with Crippen molar-refractivity contribution in [1.82, 2.24) is 4.98 Å². The van der Waals surface area contributed by atoms with Crippen molar-refractivity contribution in [2.75, 3.05) is 40.3 Å². The van der Waals surface area contributed by atoms with Gasteiger partial charge in [-0.15, -0.1) is 0 Å². The van der Waals surface area contributed by atoms with Gasteiger partial charge in [-0.3, -0.25) is 0 Å². The Bertz CT molecular complexity index is 1060. The van der Waals surface area contributed by atoms with E-state index in [0.29, 0.717) is 53.3 Å². The Morgan fingerprint density at radius 1 is 0.900 bits per heavy atom. The Kier molecular flexibility index (Phi) is 6.65. The number of rotatable bonds is 9. The molecule has 0 unspecified atom stereocenters. The third kappa shape index (κ3) is 4.41. The van der Waals surface area contributed by atoms with Crippen LogP contribution in [0.15, 0.2) is 40.8 Å². The molecule has 0 bridgehead atoms. The molecule has 0 aliphatic carbocycles. The Hall–Kier alpha value is -3.86. The lowest BCUT2D eigenvalue weighted by molar-refractivity contribution is 0.354. The van der Waals surface area contributed by atoms with Crippen molar-refractivity contribution in [1.29, 1.82) is 5.26 Å². The van der Waals surface area contributed by atoms with Gasteiger partial charge >= 0.3 is 0 Å². The highest BCUT2D eigenvalue weighted by molar-refractivity contribution is 5.63. The van der Waals surface area contributed by atoms with Crippen molar-refractivity contribution in [2.24, 2.45) is 0 Å². The summed E-state index contributed by atoms with van der Waals surface area (Å²) in [5.74, 6) is 3.14. The quantitative estimate of drug-likeness (QED) is 0.568. The number of anilines is 1. The molecule has 3 rings (SSSR count). The summed E-state index contributed by atoms with van der Waals surface area (Å²) in [7, 11) is 6.32. The van der Waals surface area contributed by atoms with Crippen molar-refractivity contribution in [2.45, 2.75) is 6.42 Å². The molecule has 0 aliphatic heterocycles. The zero-order valence-electron chi connectivity index (χ0n) is 17.3. The summed E-state index contributed by atoms with van der Waals surface area (Å²) in [5.41, 5.74) is 1.92. The maximum atomic E-state index is 9.42. The molecule has 0 spiro atoms. The smallest absolute Gasteiger partial charge is 0.232 e. The van der Waals surface area contributed by atoms with Crippen LogP contribution in [0.1, 0.15) is 11.3 Å². The Labute approximate surface area is 175 Å². The molecule has 1 heterocycles. The topological polar surface area (TPSA) is 98.8 Å². The van der Waals surface area contributed by atoms with E-state index in [1.165, 1.54) is 0 Å². The summed E-state index contributed by atoms with van der Waals surface area (Å²) < 4.78 is 26.9. The Balaban J connectivity index is 1.74. The Morgan fingerprint density at radius 2 is 1.53 bits per heavy atom. The molecule has 3 aromatic rings. The second-order valence-corrected chi connectivity index (χ2v) is 6.24. The van der Waals surface area contributed by atoms with E-state index < -0.39 is 0 Å². The zero-order valence-corrected chi connectivity index (χ0v) is 17.3. The highest BCUT2D eigenvalue weighted by Gasteiger charge is 2.16. The summed E-state index contributed by atoms with van der Waals surface area (Å²) in [6.45, 7) is 0.546. The van der Waals surface area contributed by atoms with Gasteiger partial charge in [-0.05, 0) is 42.3 Å². The fourth-order valence-electron chi connectivity index (χ4n) is 2.96. The van der Waals surface area contributed by atoms with Gasteiger partial charge in [0.25, 0.3) is 0 Å². The predicted octanol–water partition coefficient (Wildman–Crippen LogP) is 3.90. The summed E-state index contributed by atoms with van der Waals surface area (Å²) in [5, 5.41) is 12.6. The van der Waals surface area contributed by atoms with E-state index in [0.717, 1.165) is 5.56 Å². The summed E-state index contributed by atoms with van der Waals surface area (Å²) in [6.07, 6.45) is 0.692. The van der Waals surface area contributed by atoms with E-state index in [9.17, 15) is 5.26 Å². The third-order valence-corrected chi connectivity index (χ3v) is 4.51. The van der Waals surface area contributed by atoms with Gasteiger partial charge in [0.1, 0.15) is 6.07 Å². The number of oxazole rings is 1. The first-order valence-corrected chi connectivity index (χ1v) is 9.21. The van der Waals surface area contributed by atoms with Crippen LogP contribution < -0.4 is 24.3 Å². The van der Waals surface area contributed by atoms with Gasteiger partial charge < -0.3 is 28.7 Å². The standard InChI is InChI=1S/C22H23N3O5/c1-26-17-7-5-14(11-19(17)28-3)9-10-24-22-16(13-23)25-21(30-22)15-6-8-18(27-2)20(12-15)29-4/h5-8,11-12,24H,9-10H2,1-4H3. The molecule has 8 nitrogen and oxygen atoms in total. The lowest BCUT2D eigenvalue weighted by Gasteiger charge is -2.10. The van der Waals surface area contributed by atoms with E-state index in [2.05, 4.69) is 16.4 Å². The largest absolute Gasteiger partial charge is 0.493 e. The van der Waals surface area contributed by atoms with Gasteiger partial charge in [-0.25, -0.2) is 0 Å². The van der Waals surface area contributed by atoms with E-state index >= 15 is 0 Å². The van der Waals surface area contributed by atoms with Crippen LogP contribution in [-0.4, -0.2) is 40.0 Å². The normalized spacial score (nSPS) is 10.2. The second-order valence-electron chi connectivity index (χ2n) is 6.24. The molecule has 30 heavy (non-hydrogen) atoms. The first-order chi connectivity index (χ1) is 14.6. The molecular weight excluding hydrogens is 386 g/mol. The second kappa shape index (κ2) is 9.56. The number of nitriles is 1. The average Bonchev–Trinajstić information content (AvgIpc) is 3.21. The van der Waals surface area contributed by atoms with Crippen molar-refractivity contribution in [3.8, 4) is 40.5 Å². The first kappa shape index (κ1) is 20.9. The van der Waals surface area contributed by atoms with E-state index in [1.807, 2.05) is 18.2 Å². The summed E-state index contributed by atoms with van der Waals surface area (Å²) in [6, 6.07) is 13.1. The lowest BCUT2D eigenvalue weighted by atomic mass is 10.1. The average molecular weight is 409 g/mol. The highest BCUT2D eigenvalue weighted by atomic mass is 16.5. The van der Waals surface area contributed by atoms with Crippen molar-refractivity contribution in [3.63, 3.8) is 0 Å². The zero-order chi connectivity index (χ0) is 21.5. The molecule has 1 aromatic heterocycles. The van der Waals surface area contributed by atoms with Gasteiger partial charge in [0.05, 0.1) is 28.4 Å². The van der Waals surface area contributed by atoms with Gasteiger partial charge in [-0.2, -0.15) is 10.2 Å². The van der Waals surface area contributed by atoms with Gasteiger partial charge in [-0.1, -0.05) is 6.07 Å². The fraction of sp³-hybridized carbons (Fsp3) is 0.273.